The molecule has 1 fully saturated rings. The first-order valence-electron chi connectivity index (χ1n) is 10.3. The van der Waals surface area contributed by atoms with Gasteiger partial charge in [-0.05, 0) is 40.1 Å². The molecule has 0 aliphatic carbocycles. The molecule has 3 aromatic rings. The number of aryl methyl sites for hydroxylation is 1. The molecular formula is C22H26N6O2S. The quantitative estimate of drug-likeness (QED) is 0.540. The Morgan fingerprint density at radius 3 is 2.61 bits per heavy atom. The van der Waals surface area contributed by atoms with Crippen LogP contribution in [0.1, 0.15) is 16.7 Å². The molecule has 1 aliphatic rings. The van der Waals surface area contributed by atoms with Crippen molar-refractivity contribution in [3.05, 3.63) is 65.2 Å². The molecule has 1 aromatic heterocycles. The van der Waals surface area contributed by atoms with E-state index in [1.54, 1.807) is 4.68 Å². The van der Waals surface area contributed by atoms with Crippen molar-refractivity contribution >= 4 is 17.7 Å². The highest BCUT2D eigenvalue weighted by molar-refractivity contribution is 7.99. The predicted molar refractivity (Wildman–Crippen MR) is 119 cm³/mol. The first-order valence-corrected chi connectivity index (χ1v) is 11.3. The van der Waals surface area contributed by atoms with Crippen molar-refractivity contribution in [2.24, 2.45) is 0 Å². The van der Waals surface area contributed by atoms with Crippen molar-refractivity contribution in [3.63, 3.8) is 0 Å². The van der Waals surface area contributed by atoms with Gasteiger partial charge in [0.05, 0.1) is 24.7 Å². The molecule has 1 amide bonds. The van der Waals surface area contributed by atoms with Crippen LogP contribution in [-0.2, 0) is 22.6 Å². The smallest absolute Gasteiger partial charge is 0.230 e. The first kappa shape index (κ1) is 21.5. The van der Waals surface area contributed by atoms with E-state index in [2.05, 4.69) is 50.0 Å². The summed E-state index contributed by atoms with van der Waals surface area (Å²) in [4.78, 5) is 14.7. The molecule has 31 heavy (non-hydrogen) atoms. The van der Waals surface area contributed by atoms with E-state index in [9.17, 15) is 4.79 Å². The van der Waals surface area contributed by atoms with Gasteiger partial charge in [-0.25, -0.2) is 0 Å². The van der Waals surface area contributed by atoms with Gasteiger partial charge in [0.1, 0.15) is 0 Å². The van der Waals surface area contributed by atoms with Crippen molar-refractivity contribution in [2.75, 3.05) is 32.1 Å². The topological polar surface area (TPSA) is 85.2 Å². The van der Waals surface area contributed by atoms with E-state index >= 15 is 0 Å². The molecule has 1 N–H and O–H groups in total. The lowest BCUT2D eigenvalue weighted by Crippen LogP contribution is -2.35. The molecule has 0 bridgehead atoms. The Kier molecular flexibility index (Phi) is 7.29. The number of para-hydroxylation sites is 1. The van der Waals surface area contributed by atoms with E-state index in [0.29, 0.717) is 11.7 Å². The van der Waals surface area contributed by atoms with Gasteiger partial charge in [0, 0.05) is 26.2 Å². The minimum atomic E-state index is -0.0540. The van der Waals surface area contributed by atoms with Gasteiger partial charge in [0.2, 0.25) is 11.1 Å². The molecule has 0 radical (unpaired) electrons. The third-order valence-corrected chi connectivity index (χ3v) is 6.06. The summed E-state index contributed by atoms with van der Waals surface area (Å²) in [6, 6.07) is 16.3. The summed E-state index contributed by atoms with van der Waals surface area (Å²) < 4.78 is 7.06. The van der Waals surface area contributed by atoms with Crippen LogP contribution in [0.5, 0.6) is 0 Å². The van der Waals surface area contributed by atoms with Crippen LogP contribution >= 0.6 is 11.8 Å². The molecule has 8 nitrogen and oxygen atoms in total. The number of ether oxygens (including phenoxy) is 1. The van der Waals surface area contributed by atoms with Crippen LogP contribution in [0.4, 0.5) is 0 Å². The van der Waals surface area contributed by atoms with Crippen molar-refractivity contribution in [1.82, 2.24) is 30.4 Å². The van der Waals surface area contributed by atoms with Crippen LogP contribution in [0.2, 0.25) is 0 Å². The maximum Gasteiger partial charge on any atom is 0.230 e. The molecule has 2 aromatic carbocycles. The molecule has 162 valence electrons. The second kappa shape index (κ2) is 10.5. The number of nitrogens with zero attached hydrogens (tertiary/aromatic N) is 5. The van der Waals surface area contributed by atoms with Gasteiger partial charge in [-0.3, -0.25) is 9.69 Å². The first-order chi connectivity index (χ1) is 15.2. The number of hydrogen-bond acceptors (Lipinski definition) is 7. The van der Waals surface area contributed by atoms with Crippen LogP contribution in [-0.4, -0.2) is 63.1 Å². The molecule has 9 heteroatoms. The minimum absolute atomic E-state index is 0.0540. The molecule has 0 unspecified atom stereocenters. The number of aromatic nitrogens is 4. The lowest BCUT2D eigenvalue weighted by atomic mass is 10.1. The summed E-state index contributed by atoms with van der Waals surface area (Å²) >= 11 is 1.32. The number of benzene rings is 2. The van der Waals surface area contributed by atoms with Crippen molar-refractivity contribution in [3.8, 4) is 5.69 Å². The SMILES string of the molecule is Cc1ccccc1-n1nnnc1SCC(=O)NCc1ccc(CN2CCOCC2)cc1. The summed E-state index contributed by atoms with van der Waals surface area (Å²) in [7, 11) is 0. The number of tetrazole rings is 1. The van der Waals surface area contributed by atoms with Gasteiger partial charge in [-0.2, -0.15) is 4.68 Å². The van der Waals surface area contributed by atoms with E-state index in [1.165, 1.54) is 17.3 Å². The minimum Gasteiger partial charge on any atom is -0.379 e. The van der Waals surface area contributed by atoms with Crippen LogP contribution in [0.3, 0.4) is 0 Å². The monoisotopic (exact) mass is 438 g/mol. The fourth-order valence-electron chi connectivity index (χ4n) is 3.38. The molecule has 1 saturated heterocycles. The third-order valence-electron chi connectivity index (χ3n) is 5.14. The highest BCUT2D eigenvalue weighted by Crippen LogP contribution is 2.20. The number of carbonyl (C=O) groups is 1. The number of rotatable bonds is 8. The summed E-state index contributed by atoms with van der Waals surface area (Å²) in [5, 5.41) is 15.4. The average molecular weight is 439 g/mol. The van der Waals surface area contributed by atoms with Crippen molar-refractivity contribution < 1.29 is 9.53 Å². The third kappa shape index (κ3) is 5.90. The normalized spacial score (nSPS) is 14.5. The van der Waals surface area contributed by atoms with E-state index in [1.807, 2.05) is 31.2 Å². The maximum atomic E-state index is 12.3. The Bertz CT molecular complexity index is 1000. The zero-order valence-electron chi connectivity index (χ0n) is 17.5. The molecular weight excluding hydrogens is 412 g/mol. The standard InChI is InChI=1S/C22H26N6O2S/c1-17-4-2-3-5-20(17)28-22(24-25-26-28)31-16-21(29)23-14-18-6-8-19(9-7-18)15-27-10-12-30-13-11-27/h2-9H,10-16H2,1H3,(H,23,29). The Morgan fingerprint density at radius 2 is 1.84 bits per heavy atom. The van der Waals surface area contributed by atoms with Crippen LogP contribution in [0.15, 0.2) is 53.7 Å². The molecule has 4 rings (SSSR count). The highest BCUT2D eigenvalue weighted by atomic mass is 32.2. The number of morpholine rings is 1. The summed E-state index contributed by atoms with van der Waals surface area (Å²) in [6.07, 6.45) is 0. The number of nitrogens with one attached hydrogen (secondary N) is 1. The molecule has 0 atom stereocenters. The molecule has 0 spiro atoms. The van der Waals surface area contributed by atoms with E-state index in [4.69, 9.17) is 4.74 Å². The van der Waals surface area contributed by atoms with Crippen LogP contribution in [0.25, 0.3) is 5.69 Å². The Balaban J connectivity index is 1.25. The van der Waals surface area contributed by atoms with E-state index < -0.39 is 0 Å². The van der Waals surface area contributed by atoms with E-state index in [-0.39, 0.29) is 11.7 Å². The zero-order valence-corrected chi connectivity index (χ0v) is 18.3. The highest BCUT2D eigenvalue weighted by Gasteiger charge is 2.13. The number of amides is 1. The fourth-order valence-corrected chi connectivity index (χ4v) is 4.10. The van der Waals surface area contributed by atoms with Gasteiger partial charge in [0.15, 0.2) is 0 Å². The van der Waals surface area contributed by atoms with Gasteiger partial charge in [0.25, 0.3) is 0 Å². The second-order valence-electron chi connectivity index (χ2n) is 7.43. The Labute approximate surface area is 186 Å². The van der Waals surface area contributed by atoms with Crippen LogP contribution in [0, 0.1) is 6.92 Å². The lowest BCUT2D eigenvalue weighted by molar-refractivity contribution is -0.118. The van der Waals surface area contributed by atoms with Gasteiger partial charge in [-0.1, -0.05) is 54.2 Å². The molecule has 1 aliphatic heterocycles. The molecule has 2 heterocycles. The number of carbonyl (C=O) groups excluding carboxylic acids is 1. The maximum absolute atomic E-state index is 12.3. The Morgan fingerprint density at radius 1 is 1.10 bits per heavy atom. The Hall–Kier alpha value is -2.75. The van der Waals surface area contributed by atoms with Gasteiger partial charge >= 0.3 is 0 Å². The van der Waals surface area contributed by atoms with Crippen LogP contribution < -0.4 is 5.32 Å². The number of thioether (sulfide) groups is 1. The van der Waals surface area contributed by atoms with Crippen molar-refractivity contribution in [1.29, 1.82) is 0 Å². The zero-order chi connectivity index (χ0) is 21.5. The summed E-state index contributed by atoms with van der Waals surface area (Å²) in [6.45, 7) is 7.00. The van der Waals surface area contributed by atoms with E-state index in [0.717, 1.165) is 49.7 Å². The summed E-state index contributed by atoms with van der Waals surface area (Å²) in [5.41, 5.74) is 4.33. The van der Waals surface area contributed by atoms with Crippen molar-refractivity contribution in [2.45, 2.75) is 25.2 Å². The number of hydrogen-bond donors (Lipinski definition) is 1. The molecule has 0 saturated carbocycles. The summed E-state index contributed by atoms with van der Waals surface area (Å²) in [5.74, 6) is 0.197. The average Bonchev–Trinajstić information content (AvgIpc) is 3.26. The lowest BCUT2D eigenvalue weighted by Gasteiger charge is -2.26. The fraction of sp³-hybridized carbons (Fsp3) is 0.364. The van der Waals surface area contributed by atoms with Gasteiger partial charge < -0.3 is 10.1 Å². The largest absolute Gasteiger partial charge is 0.379 e. The second-order valence-corrected chi connectivity index (χ2v) is 8.37. The van der Waals surface area contributed by atoms with Gasteiger partial charge in [-0.15, -0.1) is 5.10 Å². The predicted octanol–water partition coefficient (Wildman–Crippen LogP) is 2.21.